The van der Waals surface area contributed by atoms with Gasteiger partial charge in [-0.2, -0.15) is 0 Å². The molecular formula is C20H12N2O7P+. The number of nitro benzene ring substituents is 2. The van der Waals surface area contributed by atoms with E-state index in [1.807, 2.05) is 0 Å². The van der Waals surface area contributed by atoms with Crippen molar-refractivity contribution >= 4 is 41.2 Å². The zero-order valence-corrected chi connectivity index (χ0v) is 16.0. The van der Waals surface area contributed by atoms with Crippen LogP contribution in [0, 0.1) is 20.2 Å². The van der Waals surface area contributed by atoms with Crippen LogP contribution in [-0.2, 0) is 4.57 Å². The first-order chi connectivity index (χ1) is 14.5. The molecule has 0 radical (unpaired) electrons. The summed E-state index contributed by atoms with van der Waals surface area (Å²) < 4.78 is 23.4. The third-order valence-corrected chi connectivity index (χ3v) is 5.15. The predicted molar refractivity (Wildman–Crippen MR) is 110 cm³/mol. The molecule has 0 bridgehead atoms. The molecule has 0 saturated heterocycles. The molecule has 0 saturated carbocycles. The summed E-state index contributed by atoms with van der Waals surface area (Å²) >= 11 is 0. The number of non-ortho nitro benzene ring substituents is 2. The van der Waals surface area contributed by atoms with Gasteiger partial charge < -0.3 is 0 Å². The standard InChI is InChI=1S/C20H12N2O7P/c23-21(24)17-9-1-7-15-13(17)5-3-11-19(15)28-30(27)29-20-12-4-6-14-16(20)8-2-10-18(14)22(25)26/h1-12H/q+1. The van der Waals surface area contributed by atoms with Crippen LogP contribution in [0.1, 0.15) is 0 Å². The molecule has 0 N–H and O–H groups in total. The van der Waals surface area contributed by atoms with Crippen molar-refractivity contribution in [1.29, 1.82) is 0 Å². The summed E-state index contributed by atoms with van der Waals surface area (Å²) in [6, 6.07) is 18.3. The largest absolute Gasteiger partial charge is 0.805 e. The Morgan fingerprint density at radius 1 is 0.600 bits per heavy atom. The molecule has 4 aromatic rings. The first kappa shape index (κ1) is 19.2. The van der Waals surface area contributed by atoms with E-state index in [1.54, 1.807) is 36.4 Å². The van der Waals surface area contributed by atoms with Gasteiger partial charge in [-0.15, -0.1) is 0 Å². The van der Waals surface area contributed by atoms with Gasteiger partial charge in [0, 0.05) is 27.5 Å². The minimum Gasteiger partial charge on any atom is -0.258 e. The Balaban J connectivity index is 1.67. The molecule has 148 valence electrons. The van der Waals surface area contributed by atoms with Crippen molar-refractivity contribution in [2.75, 3.05) is 0 Å². The van der Waals surface area contributed by atoms with Gasteiger partial charge in [0.2, 0.25) is 0 Å². The van der Waals surface area contributed by atoms with E-state index in [4.69, 9.17) is 9.05 Å². The lowest BCUT2D eigenvalue weighted by Crippen LogP contribution is -1.94. The Morgan fingerprint density at radius 3 is 1.37 bits per heavy atom. The highest BCUT2D eigenvalue weighted by atomic mass is 31.1. The monoisotopic (exact) mass is 423 g/mol. The van der Waals surface area contributed by atoms with E-state index in [1.165, 1.54) is 36.4 Å². The van der Waals surface area contributed by atoms with Gasteiger partial charge >= 0.3 is 8.25 Å². The fourth-order valence-corrected chi connectivity index (χ4v) is 3.86. The highest BCUT2D eigenvalue weighted by Gasteiger charge is 2.28. The summed E-state index contributed by atoms with van der Waals surface area (Å²) in [6.07, 6.45) is 0. The fourth-order valence-electron chi connectivity index (χ4n) is 3.19. The number of fused-ring (bicyclic) bond motifs is 2. The van der Waals surface area contributed by atoms with E-state index >= 15 is 0 Å². The van der Waals surface area contributed by atoms with Gasteiger partial charge in [-0.05, 0) is 36.4 Å². The minimum absolute atomic E-state index is 0.101. The Labute approximate surface area is 169 Å². The lowest BCUT2D eigenvalue weighted by atomic mass is 10.1. The number of benzene rings is 4. The van der Waals surface area contributed by atoms with Crippen LogP contribution in [0.25, 0.3) is 21.5 Å². The van der Waals surface area contributed by atoms with E-state index in [9.17, 15) is 24.8 Å². The maximum Gasteiger partial charge on any atom is 0.805 e. The Morgan fingerprint density at radius 2 is 0.967 bits per heavy atom. The van der Waals surface area contributed by atoms with Gasteiger partial charge in [-0.3, -0.25) is 20.2 Å². The summed E-state index contributed by atoms with van der Waals surface area (Å²) in [6.45, 7) is 0. The summed E-state index contributed by atoms with van der Waals surface area (Å²) in [5, 5.41) is 23.9. The van der Waals surface area contributed by atoms with E-state index in [0.717, 1.165) is 0 Å². The first-order valence-electron chi connectivity index (χ1n) is 8.61. The topological polar surface area (TPSA) is 122 Å². The van der Waals surface area contributed by atoms with Crippen LogP contribution >= 0.6 is 8.25 Å². The summed E-state index contributed by atoms with van der Waals surface area (Å²) in [5.41, 5.74) is -0.203. The van der Waals surface area contributed by atoms with Crippen molar-refractivity contribution in [3.8, 4) is 11.5 Å². The molecule has 0 spiro atoms. The second-order valence-electron chi connectivity index (χ2n) is 6.18. The smallest absolute Gasteiger partial charge is 0.258 e. The Bertz CT molecular complexity index is 1240. The number of nitro groups is 2. The van der Waals surface area contributed by atoms with Crippen molar-refractivity contribution < 1.29 is 23.5 Å². The lowest BCUT2D eigenvalue weighted by Gasteiger charge is -2.03. The van der Waals surface area contributed by atoms with Crippen molar-refractivity contribution in [3.05, 3.63) is 93.0 Å². The third kappa shape index (κ3) is 3.49. The van der Waals surface area contributed by atoms with Crippen molar-refractivity contribution in [2.24, 2.45) is 0 Å². The predicted octanol–water partition coefficient (Wildman–Crippen LogP) is 5.92. The third-order valence-electron chi connectivity index (χ3n) is 4.46. The van der Waals surface area contributed by atoms with Crippen LogP contribution in [0.2, 0.25) is 0 Å². The van der Waals surface area contributed by atoms with Gasteiger partial charge in [-0.25, -0.2) is 9.05 Å². The number of rotatable bonds is 6. The molecule has 0 aromatic heterocycles. The molecule has 0 aliphatic heterocycles. The average molecular weight is 423 g/mol. The molecule has 4 aromatic carbocycles. The molecule has 0 unspecified atom stereocenters. The molecule has 10 heteroatoms. The number of hydrogen-bond acceptors (Lipinski definition) is 7. The maximum absolute atomic E-state index is 12.5. The first-order valence-corrected chi connectivity index (χ1v) is 9.70. The zero-order valence-electron chi connectivity index (χ0n) is 15.1. The molecule has 4 rings (SSSR count). The SMILES string of the molecule is O=[N+]([O-])c1cccc2c(O[P+](=O)Oc3cccc4c([N+](=O)[O-])cccc34)cccc12. The van der Waals surface area contributed by atoms with E-state index in [0.29, 0.717) is 21.5 Å². The summed E-state index contributed by atoms with van der Waals surface area (Å²) in [7, 11) is -2.72. The normalized spacial score (nSPS) is 10.7. The quantitative estimate of drug-likeness (QED) is 0.214. The highest BCUT2D eigenvalue weighted by molar-refractivity contribution is 7.34. The average Bonchev–Trinajstić information content (AvgIpc) is 2.73. The number of hydrogen-bond donors (Lipinski definition) is 0. The summed E-state index contributed by atoms with van der Waals surface area (Å²) in [5.74, 6) is 0.312. The lowest BCUT2D eigenvalue weighted by molar-refractivity contribution is -0.383. The van der Waals surface area contributed by atoms with Crippen LogP contribution in [-0.4, -0.2) is 9.85 Å². The van der Waals surface area contributed by atoms with Crippen molar-refractivity contribution in [3.63, 3.8) is 0 Å². The second kappa shape index (κ2) is 7.73. The molecule has 0 aliphatic carbocycles. The molecule has 0 aliphatic rings. The second-order valence-corrected chi connectivity index (χ2v) is 6.99. The molecule has 30 heavy (non-hydrogen) atoms. The van der Waals surface area contributed by atoms with Crippen LogP contribution in [0.3, 0.4) is 0 Å². The maximum atomic E-state index is 12.5. The Kier molecular flexibility index (Phi) is 4.95. The van der Waals surface area contributed by atoms with Crippen LogP contribution < -0.4 is 9.05 Å². The highest BCUT2D eigenvalue weighted by Crippen LogP contribution is 2.40. The van der Waals surface area contributed by atoms with E-state index in [-0.39, 0.29) is 22.9 Å². The Hall–Kier alpha value is -4.10. The summed E-state index contributed by atoms with van der Waals surface area (Å²) in [4.78, 5) is 21.4. The van der Waals surface area contributed by atoms with Gasteiger partial charge in [0.05, 0.1) is 20.6 Å². The van der Waals surface area contributed by atoms with Crippen molar-refractivity contribution in [1.82, 2.24) is 0 Å². The fraction of sp³-hybridized carbons (Fsp3) is 0. The molecule has 0 atom stereocenters. The molecule has 0 amide bonds. The van der Waals surface area contributed by atoms with Crippen LogP contribution in [0.15, 0.2) is 72.8 Å². The molecule has 0 fully saturated rings. The van der Waals surface area contributed by atoms with Gasteiger partial charge in [0.25, 0.3) is 11.4 Å². The molecule has 9 nitrogen and oxygen atoms in total. The number of nitrogens with zero attached hydrogens (tertiary/aromatic N) is 2. The van der Waals surface area contributed by atoms with Gasteiger partial charge in [0.1, 0.15) is 0 Å². The van der Waals surface area contributed by atoms with Gasteiger partial charge in [-0.1, -0.05) is 24.3 Å². The van der Waals surface area contributed by atoms with Gasteiger partial charge in [0.15, 0.2) is 11.5 Å². The van der Waals surface area contributed by atoms with Crippen LogP contribution in [0.5, 0.6) is 11.5 Å². The zero-order chi connectivity index (χ0) is 21.3. The molecular weight excluding hydrogens is 411 g/mol. The molecule has 0 heterocycles. The van der Waals surface area contributed by atoms with Crippen molar-refractivity contribution in [2.45, 2.75) is 0 Å². The minimum atomic E-state index is -2.72. The van der Waals surface area contributed by atoms with Crippen LogP contribution in [0.4, 0.5) is 11.4 Å². The van der Waals surface area contributed by atoms with E-state index < -0.39 is 18.1 Å². The van der Waals surface area contributed by atoms with E-state index in [2.05, 4.69) is 0 Å².